The van der Waals surface area contributed by atoms with E-state index in [1.165, 1.54) is 12.1 Å². The lowest BCUT2D eigenvalue weighted by atomic mass is 10.0. The van der Waals surface area contributed by atoms with Crippen molar-refractivity contribution in [3.05, 3.63) is 45.9 Å². The minimum absolute atomic E-state index is 0.0484. The van der Waals surface area contributed by atoms with Gasteiger partial charge in [0.15, 0.2) is 0 Å². The van der Waals surface area contributed by atoms with Crippen molar-refractivity contribution >= 4 is 11.6 Å². The van der Waals surface area contributed by atoms with Gasteiger partial charge in [-0.3, -0.25) is 14.9 Å². The van der Waals surface area contributed by atoms with Crippen molar-refractivity contribution in [2.45, 2.75) is 12.3 Å². The van der Waals surface area contributed by atoms with Crippen LogP contribution in [-0.2, 0) is 11.2 Å². The summed E-state index contributed by atoms with van der Waals surface area (Å²) in [7, 11) is 0. The molecule has 5 heteroatoms. The zero-order valence-corrected chi connectivity index (χ0v) is 7.84. The fourth-order valence-corrected chi connectivity index (χ4v) is 1.83. The van der Waals surface area contributed by atoms with Gasteiger partial charge in [-0.25, -0.2) is 0 Å². The number of rotatable bonds is 2. The first kappa shape index (κ1) is 9.64. The molecule has 0 saturated carbocycles. The number of nitrogens with zero attached hydrogens (tertiary/aromatic N) is 1. The molecule has 2 rings (SSSR count). The normalized spacial score (nSPS) is 18.5. The third kappa shape index (κ3) is 1.56. The standard InChI is InChI=1S/C10H9N2O3/c11-10(13)9-3-1-6-5-7(12(14)15)2-4-8(6)9/h2-5,9H,1H2,(H2,11,13). The minimum atomic E-state index is -0.447. The molecule has 1 aliphatic rings. The zero-order valence-electron chi connectivity index (χ0n) is 7.84. The number of primary amides is 1. The number of hydrogen-bond donors (Lipinski definition) is 1. The molecule has 0 bridgehead atoms. The van der Waals surface area contributed by atoms with E-state index in [0.717, 1.165) is 11.1 Å². The van der Waals surface area contributed by atoms with E-state index in [-0.39, 0.29) is 5.69 Å². The van der Waals surface area contributed by atoms with Gasteiger partial charge in [0.05, 0.1) is 10.8 Å². The first-order chi connectivity index (χ1) is 7.09. The number of nitrogens with two attached hydrogens (primary N) is 1. The van der Waals surface area contributed by atoms with Gasteiger partial charge in [-0.2, -0.15) is 0 Å². The third-order valence-electron chi connectivity index (χ3n) is 2.55. The van der Waals surface area contributed by atoms with Gasteiger partial charge < -0.3 is 5.73 Å². The SMILES string of the molecule is NC(=O)C1[CH]Cc2cc([N+](=O)[O-])ccc21. The number of carbonyl (C=O) groups excluding carboxylic acids is 1. The summed E-state index contributed by atoms with van der Waals surface area (Å²) < 4.78 is 0. The predicted octanol–water partition coefficient (Wildman–Crippen LogP) is 0.924. The van der Waals surface area contributed by atoms with Crippen LogP contribution < -0.4 is 5.73 Å². The second-order valence-corrected chi connectivity index (χ2v) is 3.46. The number of non-ortho nitro benzene ring substituents is 1. The van der Waals surface area contributed by atoms with Gasteiger partial charge in [0.1, 0.15) is 0 Å². The lowest BCUT2D eigenvalue weighted by Crippen LogP contribution is -2.19. The van der Waals surface area contributed by atoms with Crippen LogP contribution in [0.4, 0.5) is 5.69 Å². The Labute approximate surface area is 86.0 Å². The van der Waals surface area contributed by atoms with E-state index in [1.807, 2.05) is 0 Å². The van der Waals surface area contributed by atoms with Gasteiger partial charge in [-0.05, 0) is 24.0 Å². The van der Waals surface area contributed by atoms with Gasteiger partial charge in [-0.1, -0.05) is 6.07 Å². The molecule has 0 heterocycles. The molecule has 0 aliphatic heterocycles. The molecule has 0 saturated heterocycles. The van der Waals surface area contributed by atoms with Crippen LogP contribution in [0.15, 0.2) is 18.2 Å². The van der Waals surface area contributed by atoms with Crippen LogP contribution in [0.1, 0.15) is 17.0 Å². The molecule has 1 atom stereocenters. The first-order valence-electron chi connectivity index (χ1n) is 4.49. The number of benzene rings is 1. The molecule has 0 aromatic heterocycles. The van der Waals surface area contributed by atoms with Crippen molar-refractivity contribution in [2.75, 3.05) is 0 Å². The summed E-state index contributed by atoms with van der Waals surface area (Å²) in [4.78, 5) is 21.1. The molecule has 15 heavy (non-hydrogen) atoms. The quantitative estimate of drug-likeness (QED) is 0.575. The van der Waals surface area contributed by atoms with Crippen molar-refractivity contribution < 1.29 is 9.72 Å². The zero-order chi connectivity index (χ0) is 11.0. The summed E-state index contributed by atoms with van der Waals surface area (Å²) in [5.41, 5.74) is 6.85. The van der Waals surface area contributed by atoms with Crippen molar-refractivity contribution in [3.63, 3.8) is 0 Å². The second kappa shape index (κ2) is 3.34. The average molecular weight is 205 g/mol. The van der Waals surface area contributed by atoms with Crippen molar-refractivity contribution in [3.8, 4) is 0 Å². The van der Waals surface area contributed by atoms with Crippen LogP contribution in [0.25, 0.3) is 0 Å². The summed E-state index contributed by atoms with van der Waals surface area (Å²) in [6.07, 6.45) is 2.33. The van der Waals surface area contributed by atoms with E-state index in [2.05, 4.69) is 0 Å². The molecule has 1 aromatic carbocycles. The Morgan fingerprint density at radius 1 is 1.53 bits per heavy atom. The van der Waals surface area contributed by atoms with E-state index in [9.17, 15) is 14.9 Å². The molecule has 5 nitrogen and oxygen atoms in total. The summed E-state index contributed by atoms with van der Waals surface area (Å²) in [6.45, 7) is 0. The Kier molecular flexibility index (Phi) is 2.15. The van der Waals surface area contributed by atoms with Crippen LogP contribution in [0, 0.1) is 16.5 Å². The predicted molar refractivity (Wildman–Crippen MR) is 53.0 cm³/mol. The Bertz CT molecular complexity index is 442. The molecule has 0 fully saturated rings. The lowest BCUT2D eigenvalue weighted by Gasteiger charge is -2.05. The third-order valence-corrected chi connectivity index (χ3v) is 2.55. The Morgan fingerprint density at radius 3 is 2.87 bits per heavy atom. The smallest absolute Gasteiger partial charge is 0.269 e. The van der Waals surface area contributed by atoms with Gasteiger partial charge in [0.2, 0.25) is 5.91 Å². The second-order valence-electron chi connectivity index (χ2n) is 3.46. The Morgan fingerprint density at radius 2 is 2.27 bits per heavy atom. The Hall–Kier alpha value is -1.91. The highest BCUT2D eigenvalue weighted by Crippen LogP contribution is 2.33. The minimum Gasteiger partial charge on any atom is -0.369 e. The molecule has 1 aromatic rings. The molecule has 0 spiro atoms. The van der Waals surface area contributed by atoms with Crippen LogP contribution >= 0.6 is 0 Å². The van der Waals surface area contributed by atoms with Gasteiger partial charge in [0, 0.05) is 12.1 Å². The molecular formula is C10H9N2O3. The lowest BCUT2D eigenvalue weighted by molar-refractivity contribution is -0.384. The maximum atomic E-state index is 11.0. The van der Waals surface area contributed by atoms with Crippen LogP contribution in [0.2, 0.25) is 0 Å². The first-order valence-corrected chi connectivity index (χ1v) is 4.49. The molecule has 2 N–H and O–H groups in total. The van der Waals surface area contributed by atoms with Gasteiger partial charge in [0.25, 0.3) is 5.69 Å². The summed E-state index contributed by atoms with van der Waals surface area (Å²) in [5, 5.41) is 10.5. The summed E-state index contributed by atoms with van der Waals surface area (Å²) in [5.74, 6) is -0.816. The average Bonchev–Trinajstić information content (AvgIpc) is 2.59. The number of nitro benzene ring substituents is 1. The molecule has 77 valence electrons. The van der Waals surface area contributed by atoms with E-state index in [1.54, 1.807) is 12.5 Å². The number of fused-ring (bicyclic) bond motifs is 1. The maximum absolute atomic E-state index is 11.0. The molecule has 1 unspecified atom stereocenters. The van der Waals surface area contributed by atoms with E-state index >= 15 is 0 Å². The number of carbonyl (C=O) groups is 1. The highest BCUT2D eigenvalue weighted by Gasteiger charge is 2.28. The van der Waals surface area contributed by atoms with Gasteiger partial charge in [-0.15, -0.1) is 0 Å². The van der Waals surface area contributed by atoms with Crippen LogP contribution in [-0.4, -0.2) is 10.8 Å². The van der Waals surface area contributed by atoms with Crippen LogP contribution in [0.3, 0.4) is 0 Å². The Balaban J connectivity index is 2.42. The van der Waals surface area contributed by atoms with Crippen molar-refractivity contribution in [1.82, 2.24) is 0 Å². The number of amides is 1. The van der Waals surface area contributed by atoms with Crippen molar-refractivity contribution in [1.29, 1.82) is 0 Å². The highest BCUT2D eigenvalue weighted by atomic mass is 16.6. The topological polar surface area (TPSA) is 86.2 Å². The van der Waals surface area contributed by atoms with Gasteiger partial charge >= 0.3 is 0 Å². The molecular weight excluding hydrogens is 196 g/mol. The molecule has 1 radical (unpaired) electrons. The maximum Gasteiger partial charge on any atom is 0.269 e. The number of hydrogen-bond acceptors (Lipinski definition) is 3. The molecule has 1 aliphatic carbocycles. The summed E-state index contributed by atoms with van der Waals surface area (Å²) in [6, 6.07) is 4.50. The van der Waals surface area contributed by atoms with Crippen molar-refractivity contribution in [2.24, 2.45) is 5.73 Å². The van der Waals surface area contributed by atoms with E-state index in [4.69, 9.17) is 5.73 Å². The monoisotopic (exact) mass is 205 g/mol. The fraction of sp³-hybridized carbons (Fsp3) is 0.200. The number of nitro groups is 1. The highest BCUT2D eigenvalue weighted by molar-refractivity contribution is 5.85. The summed E-state index contributed by atoms with van der Waals surface area (Å²) >= 11 is 0. The fourth-order valence-electron chi connectivity index (χ4n) is 1.83. The largest absolute Gasteiger partial charge is 0.369 e. The van der Waals surface area contributed by atoms with E-state index < -0.39 is 16.7 Å². The van der Waals surface area contributed by atoms with Crippen LogP contribution in [0.5, 0.6) is 0 Å². The molecule has 1 amide bonds. The van der Waals surface area contributed by atoms with E-state index in [0.29, 0.717) is 6.42 Å².